The number of hydrogen-bond donors (Lipinski definition) is 2. The maximum Gasteiger partial charge on any atom is 0.238 e. The quantitative estimate of drug-likeness (QED) is 0.596. The van der Waals surface area contributed by atoms with Crippen molar-refractivity contribution in [3.8, 4) is 22.6 Å². The molecule has 9 heteroatoms. The first kappa shape index (κ1) is 21.4. The molecular weight excluding hydrogens is 442 g/mol. The number of carbonyl (C=O) groups is 1. The van der Waals surface area contributed by atoms with E-state index >= 15 is 0 Å². The number of primary sulfonamides is 1. The van der Waals surface area contributed by atoms with Crippen molar-refractivity contribution in [3.05, 3.63) is 65.4 Å². The van der Waals surface area contributed by atoms with Crippen LogP contribution in [0.5, 0.6) is 11.5 Å². The first-order valence-corrected chi connectivity index (χ1v) is 12.0. The highest BCUT2D eigenvalue weighted by Crippen LogP contribution is 2.51. The van der Waals surface area contributed by atoms with Crippen molar-refractivity contribution in [2.75, 3.05) is 12.1 Å². The molecule has 1 aromatic heterocycles. The lowest BCUT2D eigenvalue weighted by molar-refractivity contribution is -0.118. The number of ether oxygens (including phenoxy) is 2. The topological polar surface area (TPSA) is 121 Å². The number of pyridine rings is 1. The van der Waals surface area contributed by atoms with E-state index in [0.717, 1.165) is 40.7 Å². The van der Waals surface area contributed by atoms with Crippen LogP contribution in [-0.4, -0.2) is 26.1 Å². The van der Waals surface area contributed by atoms with Gasteiger partial charge in [-0.05, 0) is 73.2 Å². The third kappa shape index (κ3) is 3.73. The molecule has 2 heterocycles. The van der Waals surface area contributed by atoms with E-state index in [-0.39, 0.29) is 17.6 Å². The molecule has 1 aliphatic heterocycles. The summed E-state index contributed by atoms with van der Waals surface area (Å²) in [5.74, 6) is 1.77. The van der Waals surface area contributed by atoms with Crippen LogP contribution in [0.4, 0.5) is 5.82 Å². The van der Waals surface area contributed by atoms with Gasteiger partial charge in [0.25, 0.3) is 0 Å². The second-order valence-corrected chi connectivity index (χ2v) is 10.0. The summed E-state index contributed by atoms with van der Waals surface area (Å²) < 4.78 is 33.9. The Labute approximate surface area is 191 Å². The Kier molecular flexibility index (Phi) is 4.91. The summed E-state index contributed by atoms with van der Waals surface area (Å²) in [4.78, 5) is 17.8. The Morgan fingerprint density at radius 2 is 1.73 bits per heavy atom. The van der Waals surface area contributed by atoms with Gasteiger partial charge in [0.2, 0.25) is 22.7 Å². The van der Waals surface area contributed by atoms with Crippen molar-refractivity contribution in [2.45, 2.75) is 37.0 Å². The summed E-state index contributed by atoms with van der Waals surface area (Å²) in [5.41, 5.74) is 3.76. The number of fused-ring (bicyclic) bond motifs is 1. The molecular formula is C24H23N3O5S. The maximum atomic E-state index is 13.3. The summed E-state index contributed by atoms with van der Waals surface area (Å²) in [7, 11) is -3.75. The van der Waals surface area contributed by atoms with E-state index in [1.165, 1.54) is 12.1 Å². The molecule has 5 rings (SSSR count). The number of sulfonamides is 1. The fourth-order valence-corrected chi connectivity index (χ4v) is 4.65. The molecule has 0 bridgehead atoms. The fourth-order valence-electron chi connectivity index (χ4n) is 4.14. The summed E-state index contributed by atoms with van der Waals surface area (Å²) in [6.45, 7) is 4.04. The molecule has 170 valence electrons. The van der Waals surface area contributed by atoms with Crippen LogP contribution in [0.1, 0.15) is 29.5 Å². The highest BCUT2D eigenvalue weighted by Gasteiger charge is 2.52. The SMILES string of the molecule is Cc1c(-c2ccc(S(N)(=O)=O)cc2)cnc(NC(=O)C2(c3ccc4c(c3)OCO4)CC2)c1C. The number of benzene rings is 2. The van der Waals surface area contributed by atoms with Gasteiger partial charge < -0.3 is 14.8 Å². The number of hydrogen-bond acceptors (Lipinski definition) is 6. The van der Waals surface area contributed by atoms with Gasteiger partial charge in [0, 0.05) is 11.8 Å². The zero-order valence-electron chi connectivity index (χ0n) is 18.2. The van der Waals surface area contributed by atoms with Crippen LogP contribution in [0, 0.1) is 13.8 Å². The Morgan fingerprint density at radius 1 is 1.03 bits per heavy atom. The second kappa shape index (κ2) is 7.57. The number of amides is 1. The van der Waals surface area contributed by atoms with Gasteiger partial charge in [0.15, 0.2) is 11.5 Å². The molecule has 0 atom stereocenters. The van der Waals surface area contributed by atoms with E-state index in [9.17, 15) is 13.2 Å². The number of nitrogens with two attached hydrogens (primary N) is 1. The first-order valence-electron chi connectivity index (χ1n) is 10.5. The van der Waals surface area contributed by atoms with Crippen molar-refractivity contribution >= 4 is 21.7 Å². The molecule has 0 saturated heterocycles. The van der Waals surface area contributed by atoms with Crippen molar-refractivity contribution in [3.63, 3.8) is 0 Å². The third-order valence-electron chi connectivity index (χ3n) is 6.48. The molecule has 2 aromatic carbocycles. The number of nitrogens with zero attached hydrogens (tertiary/aromatic N) is 1. The van der Waals surface area contributed by atoms with Gasteiger partial charge in [-0.1, -0.05) is 18.2 Å². The number of rotatable bonds is 5. The Hall–Kier alpha value is -3.43. The minimum Gasteiger partial charge on any atom is -0.454 e. The minimum absolute atomic E-state index is 0.0516. The van der Waals surface area contributed by atoms with Crippen molar-refractivity contribution < 1.29 is 22.7 Å². The van der Waals surface area contributed by atoms with Crippen molar-refractivity contribution in [1.29, 1.82) is 0 Å². The lowest BCUT2D eigenvalue weighted by Gasteiger charge is -2.18. The zero-order chi connectivity index (χ0) is 23.4. The highest BCUT2D eigenvalue weighted by molar-refractivity contribution is 7.89. The number of anilines is 1. The van der Waals surface area contributed by atoms with Crippen LogP contribution >= 0.6 is 0 Å². The van der Waals surface area contributed by atoms with E-state index in [1.807, 2.05) is 32.0 Å². The van der Waals surface area contributed by atoms with Gasteiger partial charge in [-0.25, -0.2) is 18.5 Å². The van der Waals surface area contributed by atoms with E-state index in [0.29, 0.717) is 17.3 Å². The van der Waals surface area contributed by atoms with Crippen LogP contribution in [0.2, 0.25) is 0 Å². The predicted octanol–water partition coefficient (Wildman–Crippen LogP) is 3.41. The first-order chi connectivity index (χ1) is 15.7. The normalized spacial score (nSPS) is 15.8. The number of carbonyl (C=O) groups excluding carboxylic acids is 1. The molecule has 0 unspecified atom stereocenters. The molecule has 1 amide bonds. The van der Waals surface area contributed by atoms with Gasteiger partial charge in [-0.3, -0.25) is 4.79 Å². The van der Waals surface area contributed by atoms with E-state index < -0.39 is 15.4 Å². The zero-order valence-corrected chi connectivity index (χ0v) is 19.0. The summed E-state index contributed by atoms with van der Waals surface area (Å²) >= 11 is 0. The number of nitrogens with one attached hydrogen (secondary N) is 1. The van der Waals surface area contributed by atoms with Gasteiger partial charge in [-0.15, -0.1) is 0 Å². The molecule has 1 aliphatic carbocycles. The Bertz CT molecular complexity index is 1380. The summed E-state index contributed by atoms with van der Waals surface area (Å²) in [6, 6.07) is 12.0. The number of aromatic nitrogens is 1. The summed E-state index contributed by atoms with van der Waals surface area (Å²) in [6.07, 6.45) is 3.19. The smallest absolute Gasteiger partial charge is 0.238 e. The van der Waals surface area contributed by atoms with Crippen LogP contribution in [-0.2, 0) is 20.2 Å². The standard InChI is InChI=1S/C24H23N3O5S/c1-14-15(2)22(26-12-19(14)16-3-6-18(7-4-16)33(25,29)30)27-23(28)24(9-10-24)17-5-8-20-21(11-17)32-13-31-20/h3-8,11-12H,9-10,13H2,1-2H3,(H2,25,29,30)(H,26,27,28). The largest absolute Gasteiger partial charge is 0.454 e. The van der Waals surface area contributed by atoms with Crippen LogP contribution in [0.15, 0.2) is 53.6 Å². The molecule has 2 aliphatic rings. The van der Waals surface area contributed by atoms with E-state index in [4.69, 9.17) is 14.6 Å². The Balaban J connectivity index is 1.39. The van der Waals surface area contributed by atoms with Crippen LogP contribution in [0.3, 0.4) is 0 Å². The molecule has 1 fully saturated rings. The molecule has 0 spiro atoms. The van der Waals surface area contributed by atoms with Crippen LogP contribution < -0.4 is 19.9 Å². The maximum absolute atomic E-state index is 13.3. The molecule has 1 saturated carbocycles. The molecule has 3 N–H and O–H groups in total. The predicted molar refractivity (Wildman–Crippen MR) is 123 cm³/mol. The lowest BCUT2D eigenvalue weighted by Crippen LogP contribution is -2.28. The minimum atomic E-state index is -3.75. The Morgan fingerprint density at radius 3 is 2.39 bits per heavy atom. The lowest BCUT2D eigenvalue weighted by atomic mass is 9.94. The van der Waals surface area contributed by atoms with Gasteiger partial charge in [-0.2, -0.15) is 0 Å². The third-order valence-corrected chi connectivity index (χ3v) is 7.41. The second-order valence-electron chi connectivity index (χ2n) is 8.44. The fraction of sp³-hybridized carbons (Fsp3) is 0.250. The average molecular weight is 466 g/mol. The monoisotopic (exact) mass is 465 g/mol. The van der Waals surface area contributed by atoms with E-state index in [1.54, 1.807) is 18.3 Å². The average Bonchev–Trinajstić information content (AvgIpc) is 3.47. The van der Waals surface area contributed by atoms with Gasteiger partial charge in [0.1, 0.15) is 5.82 Å². The molecule has 33 heavy (non-hydrogen) atoms. The van der Waals surface area contributed by atoms with Gasteiger partial charge in [0.05, 0.1) is 10.3 Å². The highest BCUT2D eigenvalue weighted by atomic mass is 32.2. The summed E-state index contributed by atoms with van der Waals surface area (Å²) in [5, 5.41) is 8.19. The van der Waals surface area contributed by atoms with Gasteiger partial charge >= 0.3 is 0 Å². The molecule has 8 nitrogen and oxygen atoms in total. The van der Waals surface area contributed by atoms with E-state index in [2.05, 4.69) is 10.3 Å². The molecule has 3 aromatic rings. The molecule has 0 radical (unpaired) electrons. The van der Waals surface area contributed by atoms with Crippen molar-refractivity contribution in [2.24, 2.45) is 5.14 Å². The van der Waals surface area contributed by atoms with Crippen LogP contribution in [0.25, 0.3) is 11.1 Å². The van der Waals surface area contributed by atoms with Crippen molar-refractivity contribution in [1.82, 2.24) is 4.98 Å².